The summed E-state index contributed by atoms with van der Waals surface area (Å²) >= 11 is 1.18. The third-order valence-electron chi connectivity index (χ3n) is 1.81. The van der Waals surface area contributed by atoms with Gasteiger partial charge in [-0.15, -0.1) is 10.2 Å². The third-order valence-corrected chi connectivity index (χ3v) is 2.41. The Bertz CT molecular complexity index is 370. The molecule has 8 nitrogen and oxygen atoms in total. The number of aliphatic carboxylic acids is 1. The topological polar surface area (TPSA) is 113 Å². The van der Waals surface area contributed by atoms with Crippen LogP contribution in [0.4, 0.5) is 9.93 Å². The third kappa shape index (κ3) is 5.22. The fraction of sp³-hybridized carbons (Fsp3) is 0.500. The van der Waals surface area contributed by atoms with Crippen LogP contribution in [0.3, 0.4) is 0 Å². The predicted octanol–water partition coefficient (Wildman–Crippen LogP) is 0.149. The molecule has 0 fully saturated rings. The van der Waals surface area contributed by atoms with Gasteiger partial charge in [-0.1, -0.05) is 11.3 Å². The van der Waals surface area contributed by atoms with Crippen LogP contribution in [0.5, 0.6) is 0 Å². The van der Waals surface area contributed by atoms with Crippen molar-refractivity contribution in [3.05, 3.63) is 5.51 Å². The fourth-order valence-electron chi connectivity index (χ4n) is 1.01. The number of rotatable bonds is 6. The lowest BCUT2D eigenvalue weighted by Crippen LogP contribution is -2.37. The van der Waals surface area contributed by atoms with Crippen molar-refractivity contribution in [1.82, 2.24) is 15.5 Å². The standard InChI is InChI=1S/C8H12N4O4S/c1-16-5(2-6(13)14)3-9-7(15)11-8-12-10-4-17-8/h4-5H,2-3H2,1H3,(H,13,14)(H2,9,11,12,15). The Hall–Kier alpha value is -1.74. The van der Waals surface area contributed by atoms with Gasteiger partial charge in [-0.25, -0.2) is 4.79 Å². The highest BCUT2D eigenvalue weighted by molar-refractivity contribution is 7.13. The molecule has 1 aromatic rings. The van der Waals surface area contributed by atoms with E-state index in [9.17, 15) is 9.59 Å². The monoisotopic (exact) mass is 260 g/mol. The second kappa shape index (κ2) is 6.76. The molecule has 0 radical (unpaired) electrons. The summed E-state index contributed by atoms with van der Waals surface area (Å²) in [5, 5.41) is 21.0. The predicted molar refractivity (Wildman–Crippen MR) is 60.0 cm³/mol. The van der Waals surface area contributed by atoms with Gasteiger partial charge in [-0.05, 0) is 0 Å². The number of urea groups is 1. The maximum absolute atomic E-state index is 11.3. The number of carbonyl (C=O) groups is 2. The minimum atomic E-state index is -0.983. The Morgan fingerprint density at radius 1 is 1.65 bits per heavy atom. The number of hydrogen-bond acceptors (Lipinski definition) is 6. The molecule has 0 aliphatic heterocycles. The van der Waals surface area contributed by atoms with Crippen LogP contribution in [0.1, 0.15) is 6.42 Å². The summed E-state index contributed by atoms with van der Waals surface area (Å²) in [5.74, 6) is -0.983. The molecule has 1 rings (SSSR count). The van der Waals surface area contributed by atoms with Gasteiger partial charge in [0, 0.05) is 13.7 Å². The van der Waals surface area contributed by atoms with E-state index in [1.807, 2.05) is 0 Å². The van der Waals surface area contributed by atoms with E-state index in [1.54, 1.807) is 0 Å². The molecule has 0 aliphatic carbocycles. The van der Waals surface area contributed by atoms with E-state index < -0.39 is 18.1 Å². The van der Waals surface area contributed by atoms with Gasteiger partial charge in [0.15, 0.2) is 0 Å². The molecule has 1 atom stereocenters. The number of methoxy groups -OCH3 is 1. The van der Waals surface area contributed by atoms with Crippen molar-refractivity contribution in [2.24, 2.45) is 0 Å². The van der Waals surface area contributed by atoms with Gasteiger partial charge in [0.25, 0.3) is 0 Å². The lowest BCUT2D eigenvalue weighted by Gasteiger charge is -2.13. The minimum Gasteiger partial charge on any atom is -0.481 e. The minimum absolute atomic E-state index is 0.105. The summed E-state index contributed by atoms with van der Waals surface area (Å²) in [5.41, 5.74) is 1.48. The number of carboxylic acids is 1. The highest BCUT2D eigenvalue weighted by Crippen LogP contribution is 2.07. The molecule has 2 amide bonds. The van der Waals surface area contributed by atoms with Gasteiger partial charge in [0.1, 0.15) is 5.51 Å². The summed E-state index contributed by atoms with van der Waals surface area (Å²) in [4.78, 5) is 21.8. The number of carboxylic acid groups (broad SMARTS) is 1. The van der Waals surface area contributed by atoms with Gasteiger partial charge in [-0.3, -0.25) is 10.1 Å². The molecule has 9 heteroatoms. The number of amides is 2. The summed E-state index contributed by atoms with van der Waals surface area (Å²) in [6.07, 6.45) is -0.733. The van der Waals surface area contributed by atoms with Gasteiger partial charge in [0.2, 0.25) is 5.13 Å². The van der Waals surface area contributed by atoms with Crippen LogP contribution < -0.4 is 10.6 Å². The number of ether oxygens (including phenoxy) is 1. The molecule has 3 N–H and O–H groups in total. The van der Waals surface area contributed by atoms with E-state index in [0.717, 1.165) is 0 Å². The van der Waals surface area contributed by atoms with Crippen molar-refractivity contribution in [3.8, 4) is 0 Å². The van der Waals surface area contributed by atoms with Gasteiger partial charge < -0.3 is 15.2 Å². The highest BCUT2D eigenvalue weighted by atomic mass is 32.1. The molecule has 0 saturated carbocycles. The van der Waals surface area contributed by atoms with Crippen molar-refractivity contribution in [2.45, 2.75) is 12.5 Å². The largest absolute Gasteiger partial charge is 0.481 e. The van der Waals surface area contributed by atoms with Crippen molar-refractivity contribution < 1.29 is 19.4 Å². The molecular formula is C8H12N4O4S. The number of hydrogen-bond donors (Lipinski definition) is 3. The maximum atomic E-state index is 11.3. The summed E-state index contributed by atoms with van der Waals surface area (Å²) in [6, 6.07) is -0.478. The number of nitrogens with zero attached hydrogens (tertiary/aromatic N) is 2. The van der Waals surface area contributed by atoms with E-state index in [1.165, 1.54) is 24.0 Å². The second-order valence-electron chi connectivity index (χ2n) is 3.03. The number of carbonyl (C=O) groups excluding carboxylic acids is 1. The second-order valence-corrected chi connectivity index (χ2v) is 3.87. The molecule has 0 saturated heterocycles. The fourth-order valence-corrected chi connectivity index (χ4v) is 1.45. The van der Waals surface area contributed by atoms with E-state index in [2.05, 4.69) is 20.8 Å². The van der Waals surface area contributed by atoms with Crippen molar-refractivity contribution in [3.63, 3.8) is 0 Å². The van der Waals surface area contributed by atoms with Crippen LogP contribution in [0.25, 0.3) is 0 Å². The molecule has 0 aromatic carbocycles. The van der Waals surface area contributed by atoms with Gasteiger partial charge >= 0.3 is 12.0 Å². The van der Waals surface area contributed by atoms with Crippen LogP contribution in [-0.2, 0) is 9.53 Å². The van der Waals surface area contributed by atoms with Crippen LogP contribution >= 0.6 is 11.3 Å². The smallest absolute Gasteiger partial charge is 0.321 e. The Morgan fingerprint density at radius 2 is 2.41 bits per heavy atom. The summed E-state index contributed by atoms with van der Waals surface area (Å²) in [7, 11) is 1.39. The van der Waals surface area contributed by atoms with E-state index in [0.29, 0.717) is 5.13 Å². The maximum Gasteiger partial charge on any atom is 0.321 e. The number of anilines is 1. The lowest BCUT2D eigenvalue weighted by atomic mass is 10.2. The van der Waals surface area contributed by atoms with Crippen LogP contribution in [0.15, 0.2) is 5.51 Å². The molecule has 94 valence electrons. The summed E-state index contributed by atoms with van der Waals surface area (Å²) < 4.78 is 4.90. The van der Waals surface area contributed by atoms with E-state index >= 15 is 0 Å². The first-order valence-corrected chi connectivity index (χ1v) is 5.55. The number of nitrogens with one attached hydrogen (secondary N) is 2. The molecule has 0 aliphatic rings. The van der Waals surface area contributed by atoms with Crippen molar-refractivity contribution >= 4 is 28.5 Å². The van der Waals surface area contributed by atoms with Gasteiger partial charge in [0.05, 0.1) is 12.5 Å². The average molecular weight is 260 g/mol. The zero-order valence-corrected chi connectivity index (χ0v) is 9.86. The van der Waals surface area contributed by atoms with E-state index in [-0.39, 0.29) is 13.0 Å². The Balaban J connectivity index is 2.29. The zero-order valence-electron chi connectivity index (χ0n) is 9.04. The first-order valence-electron chi connectivity index (χ1n) is 4.67. The molecule has 17 heavy (non-hydrogen) atoms. The molecule has 1 heterocycles. The molecule has 1 aromatic heterocycles. The average Bonchev–Trinajstić information content (AvgIpc) is 2.76. The van der Waals surface area contributed by atoms with Crippen LogP contribution in [0.2, 0.25) is 0 Å². The molecule has 0 spiro atoms. The normalized spacial score (nSPS) is 11.8. The quantitative estimate of drug-likeness (QED) is 0.671. The highest BCUT2D eigenvalue weighted by Gasteiger charge is 2.13. The van der Waals surface area contributed by atoms with Crippen molar-refractivity contribution in [1.29, 1.82) is 0 Å². The SMILES string of the molecule is COC(CNC(=O)Nc1nncs1)CC(=O)O. The molecule has 0 bridgehead atoms. The lowest BCUT2D eigenvalue weighted by molar-refractivity contribution is -0.139. The Kier molecular flexibility index (Phi) is 5.30. The van der Waals surface area contributed by atoms with Crippen molar-refractivity contribution in [2.75, 3.05) is 19.0 Å². The Morgan fingerprint density at radius 3 is 2.94 bits per heavy atom. The number of aromatic nitrogens is 2. The van der Waals surface area contributed by atoms with Crippen LogP contribution in [0, 0.1) is 0 Å². The summed E-state index contributed by atoms with van der Waals surface area (Å²) in [6.45, 7) is 0.105. The van der Waals surface area contributed by atoms with E-state index in [4.69, 9.17) is 9.84 Å². The van der Waals surface area contributed by atoms with Gasteiger partial charge in [-0.2, -0.15) is 0 Å². The molecule has 1 unspecified atom stereocenters. The Labute approximate surface area is 101 Å². The first kappa shape index (κ1) is 13.3. The first-order chi connectivity index (χ1) is 8.11. The van der Waals surface area contributed by atoms with Crippen LogP contribution in [-0.4, -0.2) is 47.1 Å². The zero-order chi connectivity index (χ0) is 12.7. The molecular weight excluding hydrogens is 248 g/mol.